The summed E-state index contributed by atoms with van der Waals surface area (Å²) in [5.74, 6) is -0.0114. The summed E-state index contributed by atoms with van der Waals surface area (Å²) in [4.78, 5) is 14.6. The number of aromatic nitrogens is 2. The van der Waals surface area contributed by atoms with Crippen LogP contribution < -0.4 is 4.90 Å². The first-order chi connectivity index (χ1) is 10.8. The van der Waals surface area contributed by atoms with Gasteiger partial charge in [-0.05, 0) is 43.3 Å². The summed E-state index contributed by atoms with van der Waals surface area (Å²) < 4.78 is 1.75. The van der Waals surface area contributed by atoms with Crippen molar-refractivity contribution in [2.24, 2.45) is 0 Å². The fraction of sp³-hybridized carbons (Fsp3) is 0.111. The highest BCUT2D eigenvalue weighted by Crippen LogP contribution is 2.18. The highest BCUT2D eigenvalue weighted by atomic mass is 16.2. The Morgan fingerprint density at radius 3 is 2.59 bits per heavy atom. The van der Waals surface area contributed by atoms with Gasteiger partial charge in [0.25, 0.3) is 5.91 Å². The largest absolute Gasteiger partial charge is 0.309 e. The van der Waals surface area contributed by atoms with Gasteiger partial charge < -0.3 is 4.90 Å². The van der Waals surface area contributed by atoms with Crippen LogP contribution >= 0.6 is 0 Å². The highest BCUT2D eigenvalue weighted by molar-refractivity contribution is 6.06. The molecule has 0 aliphatic heterocycles. The van der Waals surface area contributed by atoms with Gasteiger partial charge >= 0.3 is 0 Å². The van der Waals surface area contributed by atoms with Gasteiger partial charge in [0.1, 0.15) is 0 Å². The molecule has 4 nitrogen and oxygen atoms in total. The SMILES string of the molecule is CCN(C(=O)c1cccc(-n2cccn2)c1)c1ccccc1. The van der Waals surface area contributed by atoms with Crippen LogP contribution in [0.1, 0.15) is 17.3 Å². The summed E-state index contributed by atoms with van der Waals surface area (Å²) in [5, 5.41) is 4.20. The Balaban J connectivity index is 1.93. The van der Waals surface area contributed by atoms with E-state index in [0.717, 1.165) is 11.4 Å². The van der Waals surface area contributed by atoms with Crippen LogP contribution in [0.3, 0.4) is 0 Å². The molecule has 110 valence electrons. The maximum atomic E-state index is 12.8. The molecule has 3 rings (SSSR count). The van der Waals surface area contributed by atoms with Crippen molar-refractivity contribution >= 4 is 11.6 Å². The number of hydrogen-bond acceptors (Lipinski definition) is 2. The van der Waals surface area contributed by atoms with E-state index in [0.29, 0.717) is 12.1 Å². The molecule has 2 aromatic carbocycles. The van der Waals surface area contributed by atoms with Crippen LogP contribution in [0.4, 0.5) is 5.69 Å². The van der Waals surface area contributed by atoms with Crippen LogP contribution in [-0.2, 0) is 0 Å². The van der Waals surface area contributed by atoms with Crippen molar-refractivity contribution in [3.63, 3.8) is 0 Å². The second-order valence-electron chi connectivity index (χ2n) is 4.89. The maximum Gasteiger partial charge on any atom is 0.258 e. The summed E-state index contributed by atoms with van der Waals surface area (Å²) in [6.45, 7) is 2.59. The molecule has 1 aromatic heterocycles. The summed E-state index contributed by atoms with van der Waals surface area (Å²) in [6.07, 6.45) is 3.58. The van der Waals surface area contributed by atoms with E-state index >= 15 is 0 Å². The molecule has 0 bridgehead atoms. The molecule has 22 heavy (non-hydrogen) atoms. The lowest BCUT2D eigenvalue weighted by Crippen LogP contribution is -2.30. The van der Waals surface area contributed by atoms with E-state index in [1.54, 1.807) is 15.8 Å². The first-order valence-corrected chi connectivity index (χ1v) is 7.26. The van der Waals surface area contributed by atoms with Crippen molar-refractivity contribution in [2.45, 2.75) is 6.92 Å². The topological polar surface area (TPSA) is 38.1 Å². The average Bonchev–Trinajstić information content (AvgIpc) is 3.11. The zero-order valence-corrected chi connectivity index (χ0v) is 12.4. The van der Waals surface area contributed by atoms with Gasteiger partial charge in [0.05, 0.1) is 5.69 Å². The van der Waals surface area contributed by atoms with Crippen molar-refractivity contribution in [1.82, 2.24) is 9.78 Å². The molecule has 1 amide bonds. The zero-order valence-electron chi connectivity index (χ0n) is 12.4. The van der Waals surface area contributed by atoms with Crippen molar-refractivity contribution in [1.29, 1.82) is 0 Å². The molecule has 0 aliphatic rings. The van der Waals surface area contributed by atoms with Gasteiger partial charge in [0.15, 0.2) is 0 Å². The molecule has 4 heteroatoms. The van der Waals surface area contributed by atoms with E-state index in [2.05, 4.69) is 5.10 Å². The van der Waals surface area contributed by atoms with E-state index in [9.17, 15) is 4.79 Å². The quantitative estimate of drug-likeness (QED) is 0.737. The number of rotatable bonds is 4. The summed E-state index contributed by atoms with van der Waals surface area (Å²) >= 11 is 0. The fourth-order valence-electron chi connectivity index (χ4n) is 2.41. The number of para-hydroxylation sites is 1. The molecule has 0 saturated heterocycles. The lowest BCUT2D eigenvalue weighted by atomic mass is 10.1. The number of nitrogens with zero attached hydrogens (tertiary/aromatic N) is 3. The monoisotopic (exact) mass is 291 g/mol. The van der Waals surface area contributed by atoms with Crippen molar-refractivity contribution < 1.29 is 4.79 Å². The van der Waals surface area contributed by atoms with E-state index in [1.807, 2.05) is 73.8 Å². The normalized spacial score (nSPS) is 10.4. The molecular formula is C18H17N3O. The van der Waals surface area contributed by atoms with Crippen LogP contribution in [-0.4, -0.2) is 22.2 Å². The molecule has 0 radical (unpaired) electrons. The molecule has 0 N–H and O–H groups in total. The van der Waals surface area contributed by atoms with E-state index in [-0.39, 0.29) is 5.91 Å². The number of amides is 1. The summed E-state index contributed by atoms with van der Waals surface area (Å²) in [6, 6.07) is 19.1. The Labute approximate surface area is 129 Å². The highest BCUT2D eigenvalue weighted by Gasteiger charge is 2.16. The molecule has 3 aromatic rings. The number of carbonyl (C=O) groups is 1. The van der Waals surface area contributed by atoms with Crippen LogP contribution in [0.25, 0.3) is 5.69 Å². The molecule has 0 fully saturated rings. The Hall–Kier alpha value is -2.88. The Morgan fingerprint density at radius 2 is 1.91 bits per heavy atom. The van der Waals surface area contributed by atoms with Gasteiger partial charge in [0.2, 0.25) is 0 Å². The Bertz CT molecular complexity index is 751. The maximum absolute atomic E-state index is 12.8. The predicted octanol–water partition coefficient (Wildman–Crippen LogP) is 3.54. The lowest BCUT2D eigenvalue weighted by molar-refractivity contribution is 0.0988. The van der Waals surface area contributed by atoms with Crippen molar-refractivity contribution in [2.75, 3.05) is 11.4 Å². The smallest absolute Gasteiger partial charge is 0.258 e. The zero-order chi connectivity index (χ0) is 15.4. The molecule has 0 spiro atoms. The van der Waals surface area contributed by atoms with Gasteiger partial charge in [-0.1, -0.05) is 24.3 Å². The van der Waals surface area contributed by atoms with Crippen LogP contribution in [0.2, 0.25) is 0 Å². The fourth-order valence-corrected chi connectivity index (χ4v) is 2.41. The Morgan fingerprint density at radius 1 is 1.09 bits per heavy atom. The molecule has 1 heterocycles. The standard InChI is InChI=1S/C18H17N3O/c1-2-20(16-9-4-3-5-10-16)18(22)15-8-6-11-17(14-15)21-13-7-12-19-21/h3-14H,2H2,1H3. The third-order valence-electron chi connectivity index (χ3n) is 3.49. The Kier molecular flexibility index (Phi) is 4.01. The third kappa shape index (κ3) is 2.76. The van der Waals surface area contributed by atoms with Crippen LogP contribution in [0, 0.1) is 0 Å². The number of anilines is 1. The first kappa shape index (κ1) is 14.1. The molecule has 0 aliphatic carbocycles. The second kappa shape index (κ2) is 6.26. The van der Waals surface area contributed by atoms with Gasteiger partial charge in [-0.3, -0.25) is 4.79 Å². The van der Waals surface area contributed by atoms with E-state index < -0.39 is 0 Å². The molecule has 0 unspecified atom stereocenters. The second-order valence-corrected chi connectivity index (χ2v) is 4.89. The van der Waals surface area contributed by atoms with Crippen LogP contribution in [0.15, 0.2) is 73.1 Å². The summed E-state index contributed by atoms with van der Waals surface area (Å²) in [7, 11) is 0. The minimum Gasteiger partial charge on any atom is -0.309 e. The van der Waals surface area contributed by atoms with Crippen molar-refractivity contribution in [3.8, 4) is 5.69 Å². The van der Waals surface area contributed by atoms with Gasteiger partial charge in [-0.25, -0.2) is 4.68 Å². The number of benzene rings is 2. The predicted molar refractivity (Wildman–Crippen MR) is 87.4 cm³/mol. The molecule has 0 saturated carbocycles. The first-order valence-electron chi connectivity index (χ1n) is 7.26. The minimum atomic E-state index is -0.0114. The number of carbonyl (C=O) groups excluding carboxylic acids is 1. The lowest BCUT2D eigenvalue weighted by Gasteiger charge is -2.21. The summed E-state index contributed by atoms with van der Waals surface area (Å²) in [5.41, 5.74) is 2.43. The number of hydrogen-bond donors (Lipinski definition) is 0. The molecule has 0 atom stereocenters. The molecular weight excluding hydrogens is 274 g/mol. The average molecular weight is 291 g/mol. The van der Waals surface area contributed by atoms with Crippen LogP contribution in [0.5, 0.6) is 0 Å². The third-order valence-corrected chi connectivity index (χ3v) is 3.49. The minimum absolute atomic E-state index is 0.0114. The van der Waals surface area contributed by atoms with Crippen molar-refractivity contribution in [3.05, 3.63) is 78.6 Å². The van der Waals surface area contributed by atoms with E-state index in [1.165, 1.54) is 0 Å². The van der Waals surface area contributed by atoms with Gasteiger partial charge in [0, 0.05) is 30.2 Å². The van der Waals surface area contributed by atoms with Gasteiger partial charge in [-0.2, -0.15) is 5.10 Å². The van der Waals surface area contributed by atoms with Gasteiger partial charge in [-0.15, -0.1) is 0 Å². The van der Waals surface area contributed by atoms with E-state index in [4.69, 9.17) is 0 Å².